The van der Waals surface area contributed by atoms with Crippen LogP contribution in [0.4, 0.5) is 0 Å². The van der Waals surface area contributed by atoms with E-state index in [1.807, 2.05) is 41.3 Å². The molecule has 3 rings (SSSR count). The van der Waals surface area contributed by atoms with Crippen molar-refractivity contribution in [1.29, 1.82) is 0 Å². The first-order valence-electron chi connectivity index (χ1n) is 15.0. The Labute approximate surface area is 263 Å². The number of carbonyl (C=O) groups excluding carboxylic acids is 2. The van der Waals surface area contributed by atoms with E-state index in [2.05, 4.69) is 20.2 Å². The van der Waals surface area contributed by atoms with Crippen LogP contribution in [0.3, 0.4) is 0 Å². The predicted octanol–water partition coefficient (Wildman–Crippen LogP) is -2.26. The van der Waals surface area contributed by atoms with E-state index >= 15 is 0 Å². The van der Waals surface area contributed by atoms with Crippen molar-refractivity contribution in [3.8, 4) is 0 Å². The number of amides is 1. The molecule has 0 bridgehead atoms. The second kappa shape index (κ2) is 19.4. The van der Waals surface area contributed by atoms with E-state index in [9.17, 15) is 34.5 Å². The number of carboxylic acid groups (broad SMARTS) is 3. The van der Waals surface area contributed by atoms with E-state index in [1.54, 1.807) is 27.1 Å². The van der Waals surface area contributed by atoms with Crippen molar-refractivity contribution in [3.63, 3.8) is 0 Å². The largest absolute Gasteiger partial charge is 0.549 e. The number of rotatable bonds is 15. The van der Waals surface area contributed by atoms with Gasteiger partial charge < -0.3 is 25.4 Å². The summed E-state index contributed by atoms with van der Waals surface area (Å²) in [6.45, 7) is 3.89. The van der Waals surface area contributed by atoms with Crippen LogP contribution in [0.25, 0.3) is 0 Å². The summed E-state index contributed by atoms with van der Waals surface area (Å²) in [6.07, 6.45) is 3.48. The van der Waals surface area contributed by atoms with Crippen molar-refractivity contribution in [1.82, 2.24) is 39.8 Å². The fourth-order valence-electron chi connectivity index (χ4n) is 5.04. The first-order chi connectivity index (χ1) is 21.7. The van der Waals surface area contributed by atoms with Crippen molar-refractivity contribution >= 4 is 23.8 Å². The van der Waals surface area contributed by atoms with Crippen molar-refractivity contribution in [2.24, 2.45) is 0 Å². The predicted molar refractivity (Wildman–Crippen MR) is 162 cm³/mol. The lowest BCUT2D eigenvalue weighted by Gasteiger charge is -2.33. The lowest BCUT2D eigenvalue weighted by atomic mass is 10.3. The van der Waals surface area contributed by atoms with Gasteiger partial charge in [0.1, 0.15) is 0 Å². The Balaban J connectivity index is 1.61. The molecule has 246 valence electrons. The van der Waals surface area contributed by atoms with Crippen LogP contribution in [0, 0.1) is 0 Å². The van der Waals surface area contributed by atoms with E-state index in [4.69, 9.17) is 0 Å². The molecule has 0 aliphatic carbocycles. The quantitative estimate of drug-likeness (QED) is 0.192. The Morgan fingerprint density at radius 3 is 1.49 bits per heavy atom. The van der Waals surface area contributed by atoms with E-state index in [0.717, 1.165) is 11.4 Å². The van der Waals surface area contributed by atoms with E-state index in [-0.39, 0.29) is 45.2 Å². The fraction of sp³-hybridized carbons (Fsp3) is 0.533. The number of carbonyl (C=O) groups is 4. The van der Waals surface area contributed by atoms with Gasteiger partial charge in [0, 0.05) is 97.5 Å². The second-order valence-electron chi connectivity index (χ2n) is 11.0. The summed E-state index contributed by atoms with van der Waals surface area (Å²) in [6, 6.07) is 11.5. The molecule has 2 aromatic heterocycles. The number of nitrogens with one attached hydrogen (secondary N) is 1. The molecule has 3 heterocycles. The molecule has 0 radical (unpaired) electrons. The number of hydrogen-bond donors (Lipinski definition) is 3. The minimum absolute atomic E-state index is 0.0473. The lowest BCUT2D eigenvalue weighted by molar-refractivity contribution is -0.306. The number of aliphatic carboxylic acids is 3. The number of carboxylic acids is 3. The van der Waals surface area contributed by atoms with Crippen LogP contribution in [0.15, 0.2) is 48.8 Å². The van der Waals surface area contributed by atoms with Crippen LogP contribution in [-0.2, 0) is 32.3 Å². The first-order valence-corrected chi connectivity index (χ1v) is 15.0. The van der Waals surface area contributed by atoms with Gasteiger partial charge in [-0.3, -0.25) is 48.9 Å². The van der Waals surface area contributed by atoms with E-state index < -0.39 is 17.9 Å². The smallest absolute Gasteiger partial charge is 0.317 e. The Hall–Kier alpha value is -4.02. The summed E-state index contributed by atoms with van der Waals surface area (Å²) in [7, 11) is 0. The Bertz CT molecular complexity index is 1130. The van der Waals surface area contributed by atoms with Crippen molar-refractivity contribution < 1.29 is 34.5 Å². The van der Waals surface area contributed by atoms with Gasteiger partial charge >= 0.3 is 11.9 Å². The molecule has 0 saturated carbocycles. The first kappa shape index (κ1) is 35.5. The van der Waals surface area contributed by atoms with Crippen LogP contribution in [0.5, 0.6) is 0 Å². The highest BCUT2D eigenvalue weighted by Crippen LogP contribution is 2.07. The molecule has 3 N–H and O–H groups in total. The van der Waals surface area contributed by atoms with Gasteiger partial charge in [-0.15, -0.1) is 0 Å². The standard InChI is InChI=1S/C30H44N8O7/c39-27(33-9-10-38(19-25-5-1-3-7-31-25)20-26-6-2-4-8-32-26)21-34-11-13-35(22-28(40)41)15-17-37(24-30(44)45)18-16-36(14-12-34)23-29(42)43/h1-8H,9-24H2,(H,33,39)(H,40,41)(H,42,43)(H,44,45)/p-1. The highest BCUT2D eigenvalue weighted by atomic mass is 16.4. The molecule has 15 nitrogen and oxygen atoms in total. The van der Waals surface area contributed by atoms with E-state index in [1.165, 1.54) is 0 Å². The number of hydrogen-bond acceptors (Lipinski definition) is 12. The van der Waals surface area contributed by atoms with Gasteiger partial charge in [0.2, 0.25) is 5.91 Å². The summed E-state index contributed by atoms with van der Waals surface area (Å²) >= 11 is 0. The lowest BCUT2D eigenvalue weighted by Crippen LogP contribution is -2.50. The zero-order valence-corrected chi connectivity index (χ0v) is 25.5. The molecule has 1 saturated heterocycles. The zero-order chi connectivity index (χ0) is 32.4. The third-order valence-corrected chi connectivity index (χ3v) is 7.34. The summed E-state index contributed by atoms with van der Waals surface area (Å²) in [5.74, 6) is -3.48. The molecule has 15 heteroatoms. The summed E-state index contributed by atoms with van der Waals surface area (Å²) in [5.41, 5.74) is 1.80. The molecule has 0 aromatic carbocycles. The maximum atomic E-state index is 13.1. The topological polar surface area (TPSA) is 186 Å². The van der Waals surface area contributed by atoms with Crippen molar-refractivity contribution in [2.75, 3.05) is 91.6 Å². The van der Waals surface area contributed by atoms with Gasteiger partial charge in [0.15, 0.2) is 0 Å². The molecule has 1 aliphatic heterocycles. The Kier molecular flexibility index (Phi) is 15.3. The summed E-state index contributed by atoms with van der Waals surface area (Å²) in [5, 5.41) is 33.1. The van der Waals surface area contributed by atoms with Gasteiger partial charge in [-0.25, -0.2) is 0 Å². The van der Waals surface area contributed by atoms with Crippen LogP contribution >= 0.6 is 0 Å². The molecule has 1 aliphatic rings. The third kappa shape index (κ3) is 15.0. The average molecular weight is 628 g/mol. The minimum atomic E-state index is -1.25. The molecule has 45 heavy (non-hydrogen) atoms. The van der Waals surface area contributed by atoms with Gasteiger partial charge in [0.25, 0.3) is 0 Å². The Morgan fingerprint density at radius 1 is 0.689 bits per heavy atom. The second-order valence-corrected chi connectivity index (χ2v) is 11.0. The normalized spacial score (nSPS) is 16.5. The van der Waals surface area contributed by atoms with Gasteiger partial charge in [-0.1, -0.05) is 12.1 Å². The SMILES string of the molecule is O=C([O-])CN1CCN(CC(=O)O)CCN(CC(=O)O)CCN(CC(=O)NCCN(Cc2ccccn2)Cc2ccccn2)CC1. The minimum Gasteiger partial charge on any atom is -0.549 e. The average Bonchev–Trinajstić information content (AvgIpc) is 2.98. The number of pyridine rings is 2. The van der Waals surface area contributed by atoms with Crippen LogP contribution in [-0.4, -0.2) is 160 Å². The molecule has 0 spiro atoms. The van der Waals surface area contributed by atoms with Gasteiger partial charge in [0.05, 0.1) is 37.0 Å². The third-order valence-electron chi connectivity index (χ3n) is 7.34. The summed E-state index contributed by atoms with van der Waals surface area (Å²) < 4.78 is 0. The highest BCUT2D eigenvalue weighted by Gasteiger charge is 2.20. The maximum absolute atomic E-state index is 13.1. The number of aromatic nitrogens is 2. The van der Waals surface area contributed by atoms with E-state index in [0.29, 0.717) is 65.4 Å². The number of nitrogens with zero attached hydrogens (tertiary/aromatic N) is 7. The highest BCUT2D eigenvalue weighted by molar-refractivity contribution is 5.78. The van der Waals surface area contributed by atoms with Gasteiger partial charge in [-0.05, 0) is 24.3 Å². The maximum Gasteiger partial charge on any atom is 0.317 e. The van der Waals surface area contributed by atoms with Crippen LogP contribution in [0.1, 0.15) is 11.4 Å². The molecule has 1 fully saturated rings. The fourth-order valence-corrected chi connectivity index (χ4v) is 5.04. The van der Waals surface area contributed by atoms with Crippen molar-refractivity contribution in [3.05, 3.63) is 60.2 Å². The molecule has 0 unspecified atom stereocenters. The molecular weight excluding hydrogens is 584 g/mol. The monoisotopic (exact) mass is 627 g/mol. The van der Waals surface area contributed by atoms with Crippen LogP contribution in [0.2, 0.25) is 0 Å². The molecule has 2 aromatic rings. The molecular formula is C30H43N8O7-. The van der Waals surface area contributed by atoms with Crippen LogP contribution < -0.4 is 10.4 Å². The Morgan fingerprint density at radius 2 is 1.11 bits per heavy atom. The van der Waals surface area contributed by atoms with Gasteiger partial charge in [-0.2, -0.15) is 0 Å². The summed E-state index contributed by atoms with van der Waals surface area (Å²) in [4.78, 5) is 65.2. The zero-order valence-electron chi connectivity index (χ0n) is 25.5. The van der Waals surface area contributed by atoms with Crippen molar-refractivity contribution in [2.45, 2.75) is 13.1 Å². The molecule has 1 amide bonds. The molecule has 0 atom stereocenters.